The minimum atomic E-state index is -0.556. The Hall–Kier alpha value is -5.19. The predicted molar refractivity (Wildman–Crippen MR) is 156 cm³/mol. The van der Waals surface area contributed by atoms with Crippen molar-refractivity contribution in [3.8, 4) is 0 Å². The molecule has 40 heavy (non-hydrogen) atoms. The summed E-state index contributed by atoms with van der Waals surface area (Å²) in [7, 11) is 0. The van der Waals surface area contributed by atoms with Crippen LogP contribution in [0.4, 0.5) is 16.6 Å². The van der Waals surface area contributed by atoms with Gasteiger partial charge in [0.25, 0.3) is 0 Å². The number of para-hydroxylation sites is 1. The van der Waals surface area contributed by atoms with Crippen molar-refractivity contribution in [3.05, 3.63) is 84.2 Å². The van der Waals surface area contributed by atoms with Crippen LogP contribution in [0.2, 0.25) is 0 Å². The van der Waals surface area contributed by atoms with Gasteiger partial charge in [-0.1, -0.05) is 49.0 Å². The van der Waals surface area contributed by atoms with Crippen molar-refractivity contribution in [2.24, 2.45) is 4.99 Å². The highest BCUT2D eigenvalue weighted by Crippen LogP contribution is 2.32. The zero-order valence-corrected chi connectivity index (χ0v) is 22.1. The average molecular weight is 539 g/mol. The molecule has 0 unspecified atom stereocenters. The summed E-state index contributed by atoms with van der Waals surface area (Å²) < 4.78 is 7.25. The molecule has 0 bridgehead atoms. The number of nitrogen functional groups attached to an aromatic ring is 1. The van der Waals surface area contributed by atoms with Gasteiger partial charge in [-0.3, -0.25) is 9.79 Å². The smallest absolute Gasteiger partial charge is 0.407 e. The summed E-state index contributed by atoms with van der Waals surface area (Å²) in [6.07, 6.45) is 4.90. The monoisotopic (exact) mass is 538 g/mol. The van der Waals surface area contributed by atoms with Crippen molar-refractivity contribution in [1.29, 1.82) is 0 Å². The van der Waals surface area contributed by atoms with Crippen LogP contribution in [0.5, 0.6) is 0 Å². The maximum Gasteiger partial charge on any atom is 0.407 e. The quantitative estimate of drug-likeness (QED) is 0.219. The Labute approximate surface area is 231 Å². The minimum absolute atomic E-state index is 0.0672. The van der Waals surface area contributed by atoms with Gasteiger partial charge < -0.3 is 30.6 Å². The molecule has 2 aromatic heterocycles. The number of anilines is 2. The normalized spacial score (nSPS) is 12.6. The summed E-state index contributed by atoms with van der Waals surface area (Å²) in [5.41, 5.74) is 11.1. The lowest BCUT2D eigenvalue weighted by molar-refractivity contribution is -0.117. The fourth-order valence-electron chi connectivity index (χ4n) is 4.37. The fourth-order valence-corrected chi connectivity index (χ4v) is 4.37. The molecular weight excluding hydrogens is 508 g/mol. The van der Waals surface area contributed by atoms with Crippen LogP contribution in [-0.2, 0) is 22.6 Å². The molecule has 1 aliphatic rings. The first-order valence-electron chi connectivity index (χ1n) is 12.8. The lowest BCUT2D eigenvalue weighted by atomic mass is 10.1. The van der Waals surface area contributed by atoms with Gasteiger partial charge in [0.1, 0.15) is 12.1 Å². The van der Waals surface area contributed by atoms with Gasteiger partial charge >= 0.3 is 6.09 Å². The Balaban J connectivity index is 1.31. The van der Waals surface area contributed by atoms with Gasteiger partial charge in [-0.05, 0) is 24.1 Å². The van der Waals surface area contributed by atoms with E-state index >= 15 is 0 Å². The third-order valence-corrected chi connectivity index (χ3v) is 6.37. The number of alkyl carbamates (subject to hydrolysis) is 1. The Morgan fingerprint density at radius 2 is 1.85 bits per heavy atom. The number of carbonyl (C=O) groups excluding carboxylic acids is 2. The number of nitrogens with zero attached hydrogens (tertiary/aromatic N) is 5. The van der Waals surface area contributed by atoms with Gasteiger partial charge in [-0.2, -0.15) is 0 Å². The zero-order valence-electron chi connectivity index (χ0n) is 22.1. The third kappa shape index (κ3) is 5.78. The van der Waals surface area contributed by atoms with Crippen LogP contribution in [-0.4, -0.2) is 52.4 Å². The van der Waals surface area contributed by atoms with Gasteiger partial charge in [0.05, 0.1) is 30.7 Å². The predicted octanol–water partition coefficient (Wildman–Crippen LogP) is 3.50. The van der Waals surface area contributed by atoms with Crippen LogP contribution in [0.15, 0.2) is 78.1 Å². The molecule has 11 heteroatoms. The molecule has 4 N–H and O–H groups in total. The number of rotatable bonds is 9. The Morgan fingerprint density at radius 1 is 1.07 bits per heavy atom. The largest absolute Gasteiger partial charge is 0.448 e. The first-order chi connectivity index (χ1) is 19.4. The summed E-state index contributed by atoms with van der Waals surface area (Å²) in [5, 5.41) is 6.31. The fraction of sp³-hybridized carbons (Fsp3) is 0.207. The number of amides is 2. The molecule has 4 aromatic rings. The third-order valence-electron chi connectivity index (χ3n) is 6.37. The highest BCUT2D eigenvalue weighted by atomic mass is 16.5. The summed E-state index contributed by atoms with van der Waals surface area (Å²) in [5.74, 6) is 0.861. The molecule has 11 nitrogen and oxygen atoms in total. The van der Waals surface area contributed by atoms with E-state index < -0.39 is 6.09 Å². The molecule has 3 heterocycles. The molecule has 0 atom stereocenters. The molecule has 0 fully saturated rings. The van der Waals surface area contributed by atoms with E-state index in [4.69, 9.17) is 15.5 Å². The molecule has 5 rings (SSSR count). The van der Waals surface area contributed by atoms with E-state index in [1.54, 1.807) is 13.1 Å². The summed E-state index contributed by atoms with van der Waals surface area (Å²) in [4.78, 5) is 39.2. The second kappa shape index (κ2) is 11.7. The molecule has 0 saturated heterocycles. The molecule has 0 aliphatic carbocycles. The highest BCUT2D eigenvalue weighted by Gasteiger charge is 2.21. The van der Waals surface area contributed by atoms with Crippen molar-refractivity contribution >= 4 is 51.9 Å². The summed E-state index contributed by atoms with van der Waals surface area (Å²) >= 11 is 0. The van der Waals surface area contributed by atoms with Gasteiger partial charge in [0.2, 0.25) is 11.9 Å². The van der Waals surface area contributed by atoms with Crippen LogP contribution in [0.1, 0.15) is 18.1 Å². The number of nitrogens with two attached hydrogens (primary N) is 1. The topological polar surface area (TPSA) is 140 Å². The lowest BCUT2D eigenvalue weighted by Crippen LogP contribution is -2.31. The van der Waals surface area contributed by atoms with Crippen molar-refractivity contribution in [2.75, 3.05) is 30.3 Å². The number of imidazole rings is 1. The van der Waals surface area contributed by atoms with Crippen LogP contribution in [0, 0.1) is 0 Å². The van der Waals surface area contributed by atoms with Gasteiger partial charge in [-0.25, -0.2) is 14.8 Å². The van der Waals surface area contributed by atoms with E-state index in [1.807, 2.05) is 65.8 Å². The maximum atomic E-state index is 12.0. The van der Waals surface area contributed by atoms with Gasteiger partial charge in [-0.15, -0.1) is 0 Å². The zero-order chi connectivity index (χ0) is 28.1. The molecule has 0 spiro atoms. The summed E-state index contributed by atoms with van der Waals surface area (Å²) in [6.45, 7) is 6.90. The first kappa shape index (κ1) is 26.4. The number of aliphatic imine (C=N–C) groups is 1. The number of fused-ring (bicyclic) bond motifs is 3. The summed E-state index contributed by atoms with van der Waals surface area (Å²) in [6, 6.07) is 15.9. The minimum Gasteiger partial charge on any atom is -0.448 e. The van der Waals surface area contributed by atoms with E-state index in [0.717, 1.165) is 33.5 Å². The standard InChI is InChI=1S/C29H30N8O3/c1-19(2)27(38)32-13-16-40-29(39)33-17-20-7-9-21(10-8-20)18-37-25-22-5-3-4-6-23(22)34-26(30)24(25)35-28(37)36-14-11-31-12-15-36/h3-12,14H,1,13,15-18H2,2H3,(H2,30,34)(H,32,38)(H,33,39). The number of hydrogen-bond acceptors (Lipinski definition) is 8. The molecule has 2 aromatic carbocycles. The SMILES string of the molecule is C=C(C)C(=O)NCCOC(=O)NCc1ccc(Cn2c(N3C=CN=CC3)nc3c(N)nc4ccccc4c32)cc1. The molecule has 1 aliphatic heterocycles. The number of benzene rings is 2. The Morgan fingerprint density at radius 3 is 2.60 bits per heavy atom. The Kier molecular flexibility index (Phi) is 7.72. The first-order valence-corrected chi connectivity index (χ1v) is 12.8. The van der Waals surface area contributed by atoms with Crippen LogP contribution in [0.3, 0.4) is 0 Å². The molecule has 0 radical (unpaired) electrons. The number of nitrogens with one attached hydrogen (secondary N) is 2. The molecular formula is C29H30N8O3. The van der Waals surface area contributed by atoms with E-state index in [9.17, 15) is 9.59 Å². The average Bonchev–Trinajstić information content (AvgIpc) is 3.35. The van der Waals surface area contributed by atoms with Crippen LogP contribution in [0.25, 0.3) is 21.9 Å². The number of ether oxygens (including phenoxy) is 1. The van der Waals surface area contributed by atoms with E-state index in [-0.39, 0.29) is 19.1 Å². The van der Waals surface area contributed by atoms with Crippen LogP contribution >= 0.6 is 0 Å². The van der Waals surface area contributed by atoms with E-state index in [2.05, 4.69) is 31.8 Å². The van der Waals surface area contributed by atoms with Gasteiger partial charge in [0.15, 0.2) is 5.82 Å². The van der Waals surface area contributed by atoms with Crippen LogP contribution < -0.4 is 21.3 Å². The molecule has 2 amide bonds. The second-order valence-electron chi connectivity index (χ2n) is 9.33. The second-order valence-corrected chi connectivity index (χ2v) is 9.33. The lowest BCUT2D eigenvalue weighted by Gasteiger charge is -2.21. The maximum absolute atomic E-state index is 12.0. The van der Waals surface area contributed by atoms with Crippen molar-refractivity contribution in [1.82, 2.24) is 25.2 Å². The number of pyridine rings is 1. The van der Waals surface area contributed by atoms with Crippen molar-refractivity contribution in [2.45, 2.75) is 20.0 Å². The number of hydrogen-bond donors (Lipinski definition) is 3. The van der Waals surface area contributed by atoms with E-state index in [1.165, 1.54) is 0 Å². The molecule has 204 valence electrons. The van der Waals surface area contributed by atoms with Crippen molar-refractivity contribution < 1.29 is 14.3 Å². The van der Waals surface area contributed by atoms with Gasteiger partial charge in [0, 0.05) is 36.1 Å². The van der Waals surface area contributed by atoms with E-state index in [0.29, 0.717) is 36.5 Å². The highest BCUT2D eigenvalue weighted by molar-refractivity contribution is 6.07. The number of carbonyl (C=O) groups is 2. The van der Waals surface area contributed by atoms with Crippen molar-refractivity contribution in [3.63, 3.8) is 0 Å². The number of aromatic nitrogens is 3. The molecule has 0 saturated carbocycles. The Bertz CT molecular complexity index is 1640.